The van der Waals surface area contributed by atoms with Gasteiger partial charge in [0.25, 0.3) is 0 Å². The Kier molecular flexibility index (Phi) is 5.26. The Morgan fingerprint density at radius 1 is 0.926 bits per heavy atom. The van der Waals surface area contributed by atoms with Gasteiger partial charge in [-0.1, -0.05) is 44.0 Å². The van der Waals surface area contributed by atoms with E-state index < -0.39 is 6.10 Å². The highest BCUT2D eigenvalue weighted by molar-refractivity contribution is 9.10. The van der Waals surface area contributed by atoms with Crippen LogP contribution < -0.4 is 4.74 Å². The molecule has 0 aliphatic heterocycles. The topological polar surface area (TPSA) is 34.4 Å². The molecular weight excluding hydrogens is 470 g/mol. The molecule has 0 radical (unpaired) electrons. The van der Waals surface area contributed by atoms with Gasteiger partial charge in [0, 0.05) is 43.7 Å². The highest BCUT2D eigenvalue weighted by Gasteiger charge is 2.15. The standard InChI is InChI=1S/C22H19Br2NO2/c1-27-18-4-2-3-14(10-18)9-17(26)13-25-21-7-5-15(23)11-19(21)20-12-16(24)6-8-22(20)25/h2-8,10-12,17,26H,9,13H2,1H3. The molecule has 138 valence electrons. The van der Waals surface area contributed by atoms with Gasteiger partial charge in [0.1, 0.15) is 5.75 Å². The van der Waals surface area contributed by atoms with Gasteiger partial charge < -0.3 is 14.4 Å². The molecule has 27 heavy (non-hydrogen) atoms. The molecule has 1 N–H and O–H groups in total. The molecule has 3 nitrogen and oxygen atoms in total. The number of fused-ring (bicyclic) bond motifs is 3. The van der Waals surface area contributed by atoms with Crippen LogP contribution in [0.25, 0.3) is 21.8 Å². The fraction of sp³-hybridized carbons (Fsp3) is 0.182. The van der Waals surface area contributed by atoms with Gasteiger partial charge in [0.15, 0.2) is 0 Å². The summed E-state index contributed by atoms with van der Waals surface area (Å²) >= 11 is 7.14. The molecule has 4 aromatic rings. The second kappa shape index (κ2) is 7.66. The van der Waals surface area contributed by atoms with Gasteiger partial charge in [-0.05, 0) is 54.1 Å². The first kappa shape index (κ1) is 18.5. The average Bonchev–Trinajstić information content (AvgIpc) is 2.94. The van der Waals surface area contributed by atoms with Crippen molar-refractivity contribution >= 4 is 53.7 Å². The van der Waals surface area contributed by atoms with Crippen LogP contribution in [0, 0.1) is 0 Å². The lowest BCUT2D eigenvalue weighted by Gasteiger charge is -2.15. The third-order valence-electron chi connectivity index (χ3n) is 4.79. The molecule has 0 saturated heterocycles. The molecule has 0 amide bonds. The molecule has 1 aromatic heterocycles. The van der Waals surface area contributed by atoms with E-state index >= 15 is 0 Å². The lowest BCUT2D eigenvalue weighted by Crippen LogP contribution is -2.18. The minimum Gasteiger partial charge on any atom is -0.497 e. The van der Waals surface area contributed by atoms with Crippen molar-refractivity contribution in [1.82, 2.24) is 4.57 Å². The maximum Gasteiger partial charge on any atom is 0.119 e. The minimum absolute atomic E-state index is 0.497. The Balaban J connectivity index is 1.71. The van der Waals surface area contributed by atoms with Crippen LogP contribution in [0.4, 0.5) is 0 Å². The fourth-order valence-electron chi connectivity index (χ4n) is 3.59. The Labute approximate surface area is 174 Å². The monoisotopic (exact) mass is 487 g/mol. The van der Waals surface area contributed by atoms with Crippen LogP contribution in [-0.4, -0.2) is 22.9 Å². The molecule has 0 bridgehead atoms. The largest absolute Gasteiger partial charge is 0.497 e. The second-order valence-corrected chi connectivity index (χ2v) is 8.47. The van der Waals surface area contributed by atoms with Crippen LogP contribution >= 0.6 is 31.9 Å². The Morgan fingerprint density at radius 3 is 2.15 bits per heavy atom. The molecule has 1 atom stereocenters. The van der Waals surface area contributed by atoms with Gasteiger partial charge in [-0.2, -0.15) is 0 Å². The molecule has 0 aliphatic rings. The van der Waals surface area contributed by atoms with Crippen molar-refractivity contribution in [3.63, 3.8) is 0 Å². The molecule has 1 heterocycles. The number of halogens is 2. The summed E-state index contributed by atoms with van der Waals surface area (Å²) in [6, 6.07) is 20.4. The number of hydrogen-bond donors (Lipinski definition) is 1. The van der Waals surface area contributed by atoms with E-state index in [-0.39, 0.29) is 0 Å². The van der Waals surface area contributed by atoms with Crippen molar-refractivity contribution in [3.05, 3.63) is 75.2 Å². The van der Waals surface area contributed by atoms with Crippen LogP contribution in [0.1, 0.15) is 5.56 Å². The van der Waals surface area contributed by atoms with Crippen molar-refractivity contribution in [2.45, 2.75) is 19.1 Å². The highest BCUT2D eigenvalue weighted by atomic mass is 79.9. The summed E-state index contributed by atoms with van der Waals surface area (Å²) in [6.07, 6.45) is 0.0778. The SMILES string of the molecule is COc1cccc(CC(O)Cn2c3ccc(Br)cc3c3cc(Br)ccc32)c1. The van der Waals surface area contributed by atoms with Crippen LogP contribution in [0.3, 0.4) is 0 Å². The van der Waals surface area contributed by atoms with Gasteiger partial charge in [-0.3, -0.25) is 0 Å². The Morgan fingerprint density at radius 2 is 1.56 bits per heavy atom. The highest BCUT2D eigenvalue weighted by Crippen LogP contribution is 2.33. The lowest BCUT2D eigenvalue weighted by molar-refractivity contribution is 0.157. The summed E-state index contributed by atoms with van der Waals surface area (Å²) in [5.41, 5.74) is 3.31. The van der Waals surface area contributed by atoms with E-state index in [1.807, 2.05) is 36.4 Å². The van der Waals surface area contributed by atoms with Crippen LogP contribution in [0.2, 0.25) is 0 Å². The first-order valence-electron chi connectivity index (χ1n) is 8.73. The molecule has 0 aliphatic carbocycles. The predicted octanol–water partition coefficient (Wildman–Crippen LogP) is 5.93. The summed E-state index contributed by atoms with van der Waals surface area (Å²) in [5, 5.41) is 13.1. The van der Waals surface area contributed by atoms with Gasteiger partial charge >= 0.3 is 0 Å². The van der Waals surface area contributed by atoms with E-state index in [1.54, 1.807) is 7.11 Å². The minimum atomic E-state index is -0.497. The number of benzene rings is 3. The second-order valence-electron chi connectivity index (χ2n) is 6.64. The number of nitrogens with zero attached hydrogens (tertiary/aromatic N) is 1. The number of hydrogen-bond acceptors (Lipinski definition) is 2. The molecule has 0 saturated carbocycles. The van der Waals surface area contributed by atoms with Gasteiger partial charge in [0.05, 0.1) is 13.2 Å². The zero-order valence-electron chi connectivity index (χ0n) is 14.8. The van der Waals surface area contributed by atoms with Crippen molar-refractivity contribution in [1.29, 1.82) is 0 Å². The quantitative estimate of drug-likeness (QED) is 0.377. The number of ether oxygens (including phenoxy) is 1. The molecule has 4 rings (SSSR count). The van der Waals surface area contributed by atoms with E-state index in [9.17, 15) is 5.11 Å². The molecule has 0 spiro atoms. The number of aliphatic hydroxyl groups is 1. The number of methoxy groups -OCH3 is 1. The first-order chi connectivity index (χ1) is 13.0. The van der Waals surface area contributed by atoms with Crippen molar-refractivity contribution in [3.8, 4) is 5.75 Å². The van der Waals surface area contributed by atoms with Crippen LogP contribution in [-0.2, 0) is 13.0 Å². The summed E-state index contributed by atoms with van der Waals surface area (Å²) in [4.78, 5) is 0. The normalized spacial score (nSPS) is 12.6. The van der Waals surface area contributed by atoms with E-state index in [0.717, 1.165) is 31.3 Å². The van der Waals surface area contributed by atoms with E-state index in [2.05, 4.69) is 60.7 Å². The Hall–Kier alpha value is -1.82. The fourth-order valence-corrected chi connectivity index (χ4v) is 4.31. The first-order valence-corrected chi connectivity index (χ1v) is 10.3. The summed E-state index contributed by atoms with van der Waals surface area (Å²) in [6.45, 7) is 0.528. The van der Waals surface area contributed by atoms with Crippen LogP contribution in [0.15, 0.2) is 69.6 Å². The third-order valence-corrected chi connectivity index (χ3v) is 5.77. The zero-order chi connectivity index (χ0) is 19.0. The molecular formula is C22H19Br2NO2. The average molecular weight is 489 g/mol. The van der Waals surface area contributed by atoms with E-state index in [4.69, 9.17) is 4.74 Å². The lowest BCUT2D eigenvalue weighted by atomic mass is 10.1. The van der Waals surface area contributed by atoms with Crippen molar-refractivity contribution < 1.29 is 9.84 Å². The molecule has 3 aromatic carbocycles. The number of aromatic nitrogens is 1. The van der Waals surface area contributed by atoms with E-state index in [1.165, 1.54) is 10.8 Å². The van der Waals surface area contributed by atoms with Crippen molar-refractivity contribution in [2.24, 2.45) is 0 Å². The molecule has 0 fully saturated rings. The number of aliphatic hydroxyl groups excluding tert-OH is 1. The van der Waals surface area contributed by atoms with Crippen molar-refractivity contribution in [2.75, 3.05) is 7.11 Å². The maximum absolute atomic E-state index is 10.8. The third kappa shape index (κ3) is 3.77. The van der Waals surface area contributed by atoms with Gasteiger partial charge in [-0.15, -0.1) is 0 Å². The summed E-state index contributed by atoms with van der Waals surface area (Å²) in [7, 11) is 1.66. The Bertz CT molecular complexity index is 1060. The smallest absolute Gasteiger partial charge is 0.119 e. The van der Waals surface area contributed by atoms with E-state index in [0.29, 0.717) is 13.0 Å². The summed E-state index contributed by atoms with van der Waals surface area (Å²) < 4.78 is 9.58. The maximum atomic E-state index is 10.8. The number of rotatable bonds is 5. The van der Waals surface area contributed by atoms with Gasteiger partial charge in [-0.25, -0.2) is 0 Å². The predicted molar refractivity (Wildman–Crippen MR) is 118 cm³/mol. The molecule has 1 unspecified atom stereocenters. The zero-order valence-corrected chi connectivity index (χ0v) is 18.0. The molecule has 5 heteroatoms. The van der Waals surface area contributed by atoms with Gasteiger partial charge in [0.2, 0.25) is 0 Å². The summed E-state index contributed by atoms with van der Waals surface area (Å²) in [5.74, 6) is 0.811. The van der Waals surface area contributed by atoms with Crippen LogP contribution in [0.5, 0.6) is 5.75 Å².